The minimum atomic E-state index is -0.498. The van der Waals surface area contributed by atoms with Crippen LogP contribution in [-0.2, 0) is 4.79 Å². The first-order valence-corrected chi connectivity index (χ1v) is 8.78. The van der Waals surface area contributed by atoms with Gasteiger partial charge in [0.1, 0.15) is 5.70 Å². The van der Waals surface area contributed by atoms with Crippen LogP contribution < -0.4 is 10.2 Å². The SMILES string of the molecule is Cc1ccccc1-n1cccc1/C=C1\NC(=O)N(c2cccc(Cl)c2)C1=O. The van der Waals surface area contributed by atoms with Crippen molar-refractivity contribution in [2.24, 2.45) is 0 Å². The third-order valence-corrected chi connectivity index (χ3v) is 4.63. The molecule has 1 aliphatic rings. The number of urea groups is 1. The summed E-state index contributed by atoms with van der Waals surface area (Å²) in [6, 6.07) is 17.9. The summed E-state index contributed by atoms with van der Waals surface area (Å²) in [6.45, 7) is 2.02. The van der Waals surface area contributed by atoms with E-state index in [9.17, 15) is 9.59 Å². The maximum atomic E-state index is 12.8. The van der Waals surface area contributed by atoms with Crippen molar-refractivity contribution in [3.05, 3.63) is 88.8 Å². The molecule has 6 heteroatoms. The lowest BCUT2D eigenvalue weighted by atomic mass is 10.2. The van der Waals surface area contributed by atoms with Crippen LogP contribution in [0.5, 0.6) is 0 Å². The van der Waals surface area contributed by atoms with E-state index in [2.05, 4.69) is 5.32 Å². The molecule has 27 heavy (non-hydrogen) atoms. The quantitative estimate of drug-likeness (QED) is 0.538. The van der Waals surface area contributed by atoms with Gasteiger partial charge < -0.3 is 9.88 Å². The van der Waals surface area contributed by atoms with Crippen molar-refractivity contribution in [3.8, 4) is 5.69 Å². The Hall–Kier alpha value is -3.31. The standard InChI is InChI=1S/C21H16ClN3O2/c1-14-6-2-3-10-19(14)24-11-5-9-16(24)13-18-20(26)25(21(27)23-18)17-8-4-7-15(22)12-17/h2-13H,1H3,(H,23,27)/b18-13-. The number of anilines is 1. The monoisotopic (exact) mass is 377 g/mol. The van der Waals surface area contributed by atoms with Gasteiger partial charge in [0.05, 0.1) is 5.69 Å². The molecule has 3 amide bonds. The zero-order chi connectivity index (χ0) is 19.0. The summed E-state index contributed by atoms with van der Waals surface area (Å²) in [7, 11) is 0. The van der Waals surface area contributed by atoms with E-state index in [1.54, 1.807) is 30.3 Å². The topological polar surface area (TPSA) is 54.3 Å². The first kappa shape index (κ1) is 17.1. The summed E-state index contributed by atoms with van der Waals surface area (Å²) >= 11 is 5.99. The summed E-state index contributed by atoms with van der Waals surface area (Å²) < 4.78 is 1.98. The molecule has 1 aliphatic heterocycles. The fraction of sp³-hybridized carbons (Fsp3) is 0.0476. The van der Waals surface area contributed by atoms with Crippen molar-refractivity contribution < 1.29 is 9.59 Å². The van der Waals surface area contributed by atoms with Gasteiger partial charge in [-0.05, 0) is 55.0 Å². The number of nitrogens with zero attached hydrogens (tertiary/aromatic N) is 2. The molecule has 0 bridgehead atoms. The van der Waals surface area contributed by atoms with Crippen molar-refractivity contribution >= 4 is 35.3 Å². The highest BCUT2D eigenvalue weighted by atomic mass is 35.5. The summed E-state index contributed by atoms with van der Waals surface area (Å²) in [5.74, 6) is -0.417. The summed E-state index contributed by atoms with van der Waals surface area (Å²) in [6.07, 6.45) is 3.60. The van der Waals surface area contributed by atoms with Gasteiger partial charge in [0.2, 0.25) is 0 Å². The number of halogens is 1. The van der Waals surface area contributed by atoms with Gasteiger partial charge in [-0.3, -0.25) is 4.79 Å². The summed E-state index contributed by atoms with van der Waals surface area (Å²) in [4.78, 5) is 26.2. The van der Waals surface area contributed by atoms with Crippen molar-refractivity contribution in [1.82, 2.24) is 9.88 Å². The highest BCUT2D eigenvalue weighted by molar-refractivity contribution is 6.32. The van der Waals surface area contributed by atoms with Gasteiger partial charge in [-0.2, -0.15) is 0 Å². The number of benzene rings is 2. The minimum absolute atomic E-state index is 0.216. The van der Waals surface area contributed by atoms with Crippen LogP contribution in [0.25, 0.3) is 11.8 Å². The lowest BCUT2D eigenvalue weighted by Gasteiger charge is -2.12. The molecule has 1 saturated heterocycles. The number of carbonyl (C=O) groups excluding carboxylic acids is 2. The highest BCUT2D eigenvalue weighted by Crippen LogP contribution is 2.25. The fourth-order valence-electron chi connectivity index (χ4n) is 3.10. The summed E-state index contributed by atoms with van der Waals surface area (Å²) in [5.41, 5.74) is 3.56. The van der Waals surface area contributed by atoms with Crippen LogP contribution in [0.3, 0.4) is 0 Å². The molecule has 0 radical (unpaired) electrons. The second-order valence-electron chi connectivity index (χ2n) is 6.20. The third kappa shape index (κ3) is 3.13. The number of hydrogen-bond acceptors (Lipinski definition) is 2. The number of imide groups is 1. The molecular formula is C21H16ClN3O2. The van der Waals surface area contributed by atoms with E-state index >= 15 is 0 Å². The smallest absolute Gasteiger partial charge is 0.317 e. The van der Waals surface area contributed by atoms with Gasteiger partial charge in [-0.15, -0.1) is 0 Å². The van der Waals surface area contributed by atoms with E-state index in [1.165, 1.54) is 0 Å². The summed E-state index contributed by atoms with van der Waals surface area (Å²) in [5, 5.41) is 3.10. The van der Waals surface area contributed by atoms with E-state index in [0.29, 0.717) is 10.7 Å². The van der Waals surface area contributed by atoms with Crippen LogP contribution in [-0.4, -0.2) is 16.5 Å². The third-order valence-electron chi connectivity index (χ3n) is 4.39. The number of aryl methyl sites for hydroxylation is 1. The van der Waals surface area contributed by atoms with Crippen molar-refractivity contribution in [1.29, 1.82) is 0 Å². The minimum Gasteiger partial charge on any atom is -0.317 e. The van der Waals surface area contributed by atoms with Gasteiger partial charge >= 0.3 is 6.03 Å². The molecule has 0 atom stereocenters. The van der Waals surface area contributed by atoms with Crippen LogP contribution in [0.1, 0.15) is 11.3 Å². The van der Waals surface area contributed by atoms with E-state index in [0.717, 1.165) is 21.8 Å². The van der Waals surface area contributed by atoms with Crippen LogP contribution in [0.2, 0.25) is 5.02 Å². The molecule has 2 aromatic carbocycles. The molecule has 4 rings (SSSR count). The Morgan fingerprint density at radius 1 is 1.00 bits per heavy atom. The number of para-hydroxylation sites is 1. The van der Waals surface area contributed by atoms with Crippen LogP contribution in [0.4, 0.5) is 10.5 Å². The predicted octanol–water partition coefficient (Wildman–Crippen LogP) is 4.54. The number of hydrogen-bond donors (Lipinski definition) is 1. The zero-order valence-electron chi connectivity index (χ0n) is 14.5. The number of nitrogens with one attached hydrogen (secondary N) is 1. The Morgan fingerprint density at radius 3 is 2.59 bits per heavy atom. The first-order valence-electron chi connectivity index (χ1n) is 8.40. The Bertz CT molecular complexity index is 1080. The molecule has 0 spiro atoms. The first-order chi connectivity index (χ1) is 13.0. The normalized spacial score (nSPS) is 15.5. The molecule has 2 heterocycles. The van der Waals surface area contributed by atoms with Gasteiger partial charge in [0.25, 0.3) is 5.91 Å². The Labute approximate surface area is 161 Å². The average Bonchev–Trinajstić information content (AvgIpc) is 3.20. The second-order valence-corrected chi connectivity index (χ2v) is 6.63. The van der Waals surface area contributed by atoms with Gasteiger partial charge in [-0.25, -0.2) is 9.69 Å². The lowest BCUT2D eigenvalue weighted by molar-refractivity contribution is -0.113. The van der Waals surface area contributed by atoms with Crippen molar-refractivity contribution in [2.75, 3.05) is 4.90 Å². The van der Waals surface area contributed by atoms with Crippen LogP contribution >= 0.6 is 11.6 Å². The fourth-order valence-corrected chi connectivity index (χ4v) is 3.28. The Balaban J connectivity index is 1.71. The molecule has 3 aromatic rings. The average molecular weight is 378 g/mol. The van der Waals surface area contributed by atoms with Crippen molar-refractivity contribution in [2.45, 2.75) is 6.92 Å². The molecule has 0 unspecified atom stereocenters. The molecule has 5 nitrogen and oxygen atoms in total. The van der Waals surface area contributed by atoms with E-state index in [-0.39, 0.29) is 5.70 Å². The molecule has 1 fully saturated rings. The predicted molar refractivity (Wildman–Crippen MR) is 106 cm³/mol. The molecule has 0 saturated carbocycles. The lowest BCUT2D eigenvalue weighted by Crippen LogP contribution is -2.30. The van der Waals surface area contributed by atoms with E-state index in [4.69, 9.17) is 11.6 Å². The van der Waals surface area contributed by atoms with E-state index < -0.39 is 11.9 Å². The molecule has 134 valence electrons. The second kappa shape index (κ2) is 6.78. The zero-order valence-corrected chi connectivity index (χ0v) is 15.3. The highest BCUT2D eigenvalue weighted by Gasteiger charge is 2.35. The number of carbonyl (C=O) groups is 2. The number of aromatic nitrogens is 1. The largest absolute Gasteiger partial charge is 0.333 e. The van der Waals surface area contributed by atoms with Crippen LogP contribution in [0, 0.1) is 6.92 Å². The molecule has 0 aliphatic carbocycles. The Kier molecular flexibility index (Phi) is 4.30. The molecule has 1 aromatic heterocycles. The molecule has 1 N–H and O–H groups in total. The number of rotatable bonds is 3. The van der Waals surface area contributed by atoms with Gasteiger partial charge in [0.15, 0.2) is 0 Å². The number of amides is 3. The molecular weight excluding hydrogens is 362 g/mol. The maximum absolute atomic E-state index is 12.8. The van der Waals surface area contributed by atoms with Crippen molar-refractivity contribution in [3.63, 3.8) is 0 Å². The Morgan fingerprint density at radius 2 is 1.81 bits per heavy atom. The van der Waals surface area contributed by atoms with Gasteiger partial charge in [-0.1, -0.05) is 35.9 Å². The van der Waals surface area contributed by atoms with Crippen LogP contribution in [0.15, 0.2) is 72.6 Å². The maximum Gasteiger partial charge on any atom is 0.333 e. The van der Waals surface area contributed by atoms with E-state index in [1.807, 2.05) is 54.1 Å². The van der Waals surface area contributed by atoms with Gasteiger partial charge in [0, 0.05) is 22.6 Å².